The molecule has 6 nitrogen and oxygen atoms in total. The topological polar surface area (TPSA) is 95.9 Å². The standard InChI is InChI=1S/C62H117NO5/c1-3-5-7-9-11-13-15-16-17-18-22-25-28-31-35-38-42-46-50-54-60(65)59(58-64)63-61(66)55-51-47-43-39-36-32-29-26-23-20-19-21-24-27-30-33-37-41-45-49-53-57-68-62(67)56-52-48-44-40-34-14-12-10-8-6-4-2/h10,12,20,23,50,54,59-60,64-65H,3-9,11,13-19,21-22,24-49,51-53,55-58H2,1-2H3,(H,63,66)/b12-10-,23-20-,54-50+. The van der Waals surface area contributed by atoms with Crippen LogP contribution in [0.25, 0.3) is 0 Å². The number of rotatable bonds is 56. The summed E-state index contributed by atoms with van der Waals surface area (Å²) in [6, 6.07) is -0.634. The lowest BCUT2D eigenvalue weighted by Gasteiger charge is -2.20. The summed E-state index contributed by atoms with van der Waals surface area (Å²) >= 11 is 0. The smallest absolute Gasteiger partial charge is 0.305 e. The average Bonchev–Trinajstić information content (AvgIpc) is 3.34. The molecule has 2 atom stereocenters. The summed E-state index contributed by atoms with van der Waals surface area (Å²) in [6.07, 6.45) is 71.8. The van der Waals surface area contributed by atoms with Crippen molar-refractivity contribution < 1.29 is 24.5 Å². The van der Waals surface area contributed by atoms with Crippen LogP contribution in [0.1, 0.15) is 322 Å². The minimum absolute atomic E-state index is 0.00361. The van der Waals surface area contributed by atoms with Gasteiger partial charge in [0.1, 0.15) is 0 Å². The molecule has 6 heteroatoms. The molecule has 0 saturated carbocycles. The number of allylic oxidation sites excluding steroid dienone is 5. The monoisotopic (exact) mass is 956 g/mol. The van der Waals surface area contributed by atoms with Crippen molar-refractivity contribution in [2.24, 2.45) is 0 Å². The number of esters is 1. The minimum Gasteiger partial charge on any atom is -0.466 e. The van der Waals surface area contributed by atoms with Gasteiger partial charge in [0.15, 0.2) is 0 Å². The number of unbranched alkanes of at least 4 members (excludes halogenated alkanes) is 41. The van der Waals surface area contributed by atoms with Crippen LogP contribution in [-0.4, -0.2) is 47.4 Å². The van der Waals surface area contributed by atoms with Crippen molar-refractivity contribution in [2.45, 2.75) is 334 Å². The third-order valence-corrected chi connectivity index (χ3v) is 13.9. The summed E-state index contributed by atoms with van der Waals surface area (Å²) in [7, 11) is 0. The quantitative estimate of drug-likeness (QED) is 0.0321. The van der Waals surface area contributed by atoms with E-state index in [0.717, 1.165) is 51.4 Å². The Morgan fingerprint density at radius 3 is 1.09 bits per heavy atom. The number of aliphatic hydroxyl groups excluding tert-OH is 2. The molecule has 400 valence electrons. The predicted octanol–water partition coefficient (Wildman–Crippen LogP) is 18.8. The van der Waals surface area contributed by atoms with Gasteiger partial charge in [-0.3, -0.25) is 9.59 Å². The summed E-state index contributed by atoms with van der Waals surface area (Å²) in [4.78, 5) is 24.5. The maximum absolute atomic E-state index is 12.5. The van der Waals surface area contributed by atoms with Crippen molar-refractivity contribution in [2.75, 3.05) is 13.2 Å². The van der Waals surface area contributed by atoms with Gasteiger partial charge in [0.2, 0.25) is 5.91 Å². The molecular formula is C62H117NO5. The van der Waals surface area contributed by atoms with E-state index in [4.69, 9.17) is 4.74 Å². The third-order valence-electron chi connectivity index (χ3n) is 13.9. The van der Waals surface area contributed by atoms with Gasteiger partial charge in [0.25, 0.3) is 0 Å². The number of hydrogen-bond acceptors (Lipinski definition) is 5. The molecule has 0 aromatic carbocycles. The summed E-state index contributed by atoms with van der Waals surface area (Å²) in [5.74, 6) is -0.0776. The maximum atomic E-state index is 12.5. The molecule has 0 heterocycles. The van der Waals surface area contributed by atoms with Gasteiger partial charge in [0.05, 0.1) is 25.4 Å². The van der Waals surface area contributed by atoms with Gasteiger partial charge in [-0.1, -0.05) is 269 Å². The zero-order valence-electron chi connectivity index (χ0n) is 45.6. The molecule has 2 unspecified atom stereocenters. The molecule has 0 bridgehead atoms. The summed E-state index contributed by atoms with van der Waals surface area (Å²) in [5.41, 5.74) is 0. The predicted molar refractivity (Wildman–Crippen MR) is 296 cm³/mol. The second-order valence-corrected chi connectivity index (χ2v) is 20.7. The van der Waals surface area contributed by atoms with Crippen LogP contribution in [-0.2, 0) is 14.3 Å². The van der Waals surface area contributed by atoms with E-state index >= 15 is 0 Å². The van der Waals surface area contributed by atoms with Gasteiger partial charge in [-0.25, -0.2) is 0 Å². The highest BCUT2D eigenvalue weighted by Gasteiger charge is 2.18. The number of carbonyl (C=O) groups excluding carboxylic acids is 2. The van der Waals surface area contributed by atoms with Crippen molar-refractivity contribution in [1.29, 1.82) is 0 Å². The zero-order chi connectivity index (χ0) is 49.3. The molecule has 0 aliphatic heterocycles. The highest BCUT2D eigenvalue weighted by molar-refractivity contribution is 5.76. The summed E-state index contributed by atoms with van der Waals surface area (Å²) in [6.45, 7) is 4.87. The Labute approximate surface area is 424 Å². The Morgan fingerprint density at radius 1 is 0.397 bits per heavy atom. The maximum Gasteiger partial charge on any atom is 0.305 e. The first kappa shape index (κ1) is 66.1. The van der Waals surface area contributed by atoms with Crippen LogP contribution in [0, 0.1) is 0 Å². The Bertz CT molecular complexity index is 1100. The molecule has 0 saturated heterocycles. The molecule has 0 aliphatic carbocycles. The highest BCUT2D eigenvalue weighted by atomic mass is 16.5. The van der Waals surface area contributed by atoms with E-state index in [0.29, 0.717) is 19.4 Å². The minimum atomic E-state index is -0.850. The normalized spacial score (nSPS) is 12.8. The first-order valence-electron chi connectivity index (χ1n) is 30.3. The molecule has 1 amide bonds. The van der Waals surface area contributed by atoms with Crippen LogP contribution in [0.15, 0.2) is 36.5 Å². The molecule has 3 N–H and O–H groups in total. The van der Waals surface area contributed by atoms with Gasteiger partial charge < -0.3 is 20.3 Å². The van der Waals surface area contributed by atoms with Crippen molar-refractivity contribution in [3.63, 3.8) is 0 Å². The first-order valence-corrected chi connectivity index (χ1v) is 30.3. The number of amides is 1. The lowest BCUT2D eigenvalue weighted by molar-refractivity contribution is -0.143. The van der Waals surface area contributed by atoms with Gasteiger partial charge in [0, 0.05) is 12.8 Å². The number of ether oxygens (including phenoxy) is 1. The fourth-order valence-electron chi connectivity index (χ4n) is 9.20. The third kappa shape index (κ3) is 53.4. The second kappa shape index (κ2) is 57.7. The van der Waals surface area contributed by atoms with Crippen LogP contribution >= 0.6 is 0 Å². The fraction of sp³-hybridized carbons (Fsp3) is 0.871. The highest BCUT2D eigenvalue weighted by Crippen LogP contribution is 2.17. The SMILES string of the molecule is CCCC/C=C\CCCCCCCC(=O)OCCCCCCCCCCCC/C=C\CCCCCCCCCC(=O)NC(CO)C(O)/C=C/CCCCCCCCCCCCCCCCCCC. The molecule has 0 aromatic heterocycles. The second-order valence-electron chi connectivity index (χ2n) is 20.7. The number of hydrogen-bond donors (Lipinski definition) is 3. The largest absolute Gasteiger partial charge is 0.466 e. The van der Waals surface area contributed by atoms with Crippen molar-refractivity contribution in [3.8, 4) is 0 Å². The van der Waals surface area contributed by atoms with Gasteiger partial charge in [-0.15, -0.1) is 0 Å². The molecular weight excluding hydrogens is 839 g/mol. The lowest BCUT2D eigenvalue weighted by Crippen LogP contribution is -2.45. The van der Waals surface area contributed by atoms with E-state index in [1.165, 1.54) is 244 Å². The van der Waals surface area contributed by atoms with Crippen LogP contribution in [0.4, 0.5) is 0 Å². The van der Waals surface area contributed by atoms with Crippen molar-refractivity contribution in [1.82, 2.24) is 5.32 Å². The van der Waals surface area contributed by atoms with E-state index in [1.54, 1.807) is 6.08 Å². The average molecular weight is 957 g/mol. The number of nitrogens with one attached hydrogen (secondary N) is 1. The zero-order valence-corrected chi connectivity index (χ0v) is 45.6. The molecule has 0 spiro atoms. The molecule has 68 heavy (non-hydrogen) atoms. The first-order chi connectivity index (χ1) is 33.5. The number of aliphatic hydroxyl groups is 2. The van der Waals surface area contributed by atoms with E-state index in [1.807, 2.05) is 6.08 Å². The Kier molecular flexibility index (Phi) is 56.0. The molecule has 0 radical (unpaired) electrons. The van der Waals surface area contributed by atoms with Crippen LogP contribution in [0.2, 0.25) is 0 Å². The Balaban J connectivity index is 3.47. The molecule has 0 fully saturated rings. The van der Waals surface area contributed by atoms with Crippen molar-refractivity contribution in [3.05, 3.63) is 36.5 Å². The van der Waals surface area contributed by atoms with E-state index in [2.05, 4.69) is 43.5 Å². The summed E-state index contributed by atoms with van der Waals surface area (Å²) < 4.78 is 5.45. The van der Waals surface area contributed by atoms with Gasteiger partial charge >= 0.3 is 5.97 Å². The van der Waals surface area contributed by atoms with E-state index in [9.17, 15) is 19.8 Å². The van der Waals surface area contributed by atoms with Crippen LogP contribution in [0.3, 0.4) is 0 Å². The Hall–Kier alpha value is -1.92. The number of carbonyl (C=O) groups is 2. The van der Waals surface area contributed by atoms with Gasteiger partial charge in [-0.2, -0.15) is 0 Å². The molecule has 0 rings (SSSR count). The van der Waals surface area contributed by atoms with E-state index < -0.39 is 12.1 Å². The summed E-state index contributed by atoms with van der Waals surface area (Å²) in [5, 5.41) is 23.2. The van der Waals surface area contributed by atoms with Crippen LogP contribution < -0.4 is 5.32 Å². The van der Waals surface area contributed by atoms with Gasteiger partial charge in [-0.05, 0) is 77.0 Å². The molecule has 0 aromatic rings. The van der Waals surface area contributed by atoms with Crippen molar-refractivity contribution >= 4 is 11.9 Å². The van der Waals surface area contributed by atoms with E-state index in [-0.39, 0.29) is 18.5 Å². The fourth-order valence-corrected chi connectivity index (χ4v) is 9.20. The Morgan fingerprint density at radius 2 is 0.706 bits per heavy atom. The lowest BCUT2D eigenvalue weighted by atomic mass is 10.0. The van der Waals surface area contributed by atoms with Crippen LogP contribution in [0.5, 0.6) is 0 Å². The molecule has 0 aliphatic rings.